The van der Waals surface area contributed by atoms with E-state index in [9.17, 15) is 0 Å². The molecule has 1 heteroatoms. The van der Waals surface area contributed by atoms with Crippen molar-refractivity contribution in [2.45, 2.75) is 59.3 Å². The van der Waals surface area contributed by atoms with Gasteiger partial charge in [0.1, 0.15) is 0 Å². The number of hydrogen-bond acceptors (Lipinski definition) is 1. The van der Waals surface area contributed by atoms with Crippen molar-refractivity contribution in [1.82, 2.24) is 0 Å². The Kier molecular flexibility index (Phi) is 8.53. The predicted molar refractivity (Wildman–Crippen MR) is 58.8 cm³/mol. The van der Waals surface area contributed by atoms with Crippen LogP contribution >= 0.6 is 0 Å². The molecule has 0 aromatic carbocycles. The highest BCUT2D eigenvalue weighted by Crippen LogP contribution is 2.17. The monoisotopic (exact) mass is 186 g/mol. The average Bonchev–Trinajstić information content (AvgIpc) is 2.04. The molecule has 1 N–H and O–H groups in total. The first-order valence-corrected chi connectivity index (χ1v) is 5.77. The summed E-state index contributed by atoms with van der Waals surface area (Å²) < 4.78 is 0. The summed E-state index contributed by atoms with van der Waals surface area (Å²) in [6, 6.07) is 0. The third-order valence-corrected chi connectivity index (χ3v) is 2.58. The fourth-order valence-electron chi connectivity index (χ4n) is 1.62. The molecule has 0 aliphatic rings. The SMILES string of the molecule is CC(C)CCC[C@@H](C)CCCCO. The Morgan fingerprint density at radius 3 is 2.00 bits per heavy atom. The van der Waals surface area contributed by atoms with Gasteiger partial charge in [-0.25, -0.2) is 0 Å². The number of rotatable bonds is 8. The van der Waals surface area contributed by atoms with Gasteiger partial charge in [0, 0.05) is 6.61 Å². The van der Waals surface area contributed by atoms with Crippen LogP contribution in [0.15, 0.2) is 0 Å². The van der Waals surface area contributed by atoms with E-state index < -0.39 is 0 Å². The Hall–Kier alpha value is -0.0400. The molecule has 0 amide bonds. The van der Waals surface area contributed by atoms with Gasteiger partial charge in [-0.05, 0) is 18.3 Å². The van der Waals surface area contributed by atoms with Crippen LogP contribution in [-0.4, -0.2) is 11.7 Å². The van der Waals surface area contributed by atoms with Crippen molar-refractivity contribution in [3.63, 3.8) is 0 Å². The van der Waals surface area contributed by atoms with E-state index in [2.05, 4.69) is 20.8 Å². The second kappa shape index (κ2) is 8.55. The minimum Gasteiger partial charge on any atom is -0.396 e. The second-order valence-corrected chi connectivity index (χ2v) is 4.65. The van der Waals surface area contributed by atoms with Crippen LogP contribution in [0.1, 0.15) is 59.3 Å². The minimum atomic E-state index is 0.360. The van der Waals surface area contributed by atoms with Gasteiger partial charge in [-0.15, -0.1) is 0 Å². The molecule has 0 rings (SSSR count). The van der Waals surface area contributed by atoms with Crippen molar-refractivity contribution < 1.29 is 5.11 Å². The van der Waals surface area contributed by atoms with Crippen molar-refractivity contribution in [1.29, 1.82) is 0 Å². The van der Waals surface area contributed by atoms with Gasteiger partial charge in [0.25, 0.3) is 0 Å². The fraction of sp³-hybridized carbons (Fsp3) is 1.00. The lowest BCUT2D eigenvalue weighted by molar-refractivity contribution is 0.277. The summed E-state index contributed by atoms with van der Waals surface area (Å²) in [5.41, 5.74) is 0. The van der Waals surface area contributed by atoms with E-state index in [0.29, 0.717) is 6.61 Å². The van der Waals surface area contributed by atoms with Gasteiger partial charge in [0.05, 0.1) is 0 Å². The molecule has 0 heterocycles. The summed E-state index contributed by atoms with van der Waals surface area (Å²) in [5, 5.41) is 8.63. The molecule has 0 spiro atoms. The summed E-state index contributed by atoms with van der Waals surface area (Å²) in [4.78, 5) is 0. The van der Waals surface area contributed by atoms with Gasteiger partial charge in [-0.3, -0.25) is 0 Å². The average molecular weight is 186 g/mol. The van der Waals surface area contributed by atoms with Crippen LogP contribution in [0.25, 0.3) is 0 Å². The standard InChI is InChI=1S/C12H26O/c1-11(2)7-6-9-12(3)8-4-5-10-13/h11-13H,4-10H2,1-3H3/t12-/m0/s1. The maximum Gasteiger partial charge on any atom is 0.0431 e. The van der Waals surface area contributed by atoms with Crippen LogP contribution in [0.3, 0.4) is 0 Å². The molecule has 0 saturated carbocycles. The first-order valence-electron chi connectivity index (χ1n) is 5.77. The summed E-state index contributed by atoms with van der Waals surface area (Å²) >= 11 is 0. The molecule has 0 radical (unpaired) electrons. The zero-order chi connectivity index (χ0) is 10.1. The third-order valence-electron chi connectivity index (χ3n) is 2.58. The first-order chi connectivity index (χ1) is 6.16. The molecule has 0 fully saturated rings. The van der Waals surface area contributed by atoms with E-state index in [-0.39, 0.29) is 0 Å². The maximum atomic E-state index is 8.63. The molecule has 0 bridgehead atoms. The smallest absolute Gasteiger partial charge is 0.0431 e. The number of aliphatic hydroxyl groups is 1. The summed E-state index contributed by atoms with van der Waals surface area (Å²) in [6.45, 7) is 7.27. The van der Waals surface area contributed by atoms with Crippen LogP contribution in [0.2, 0.25) is 0 Å². The highest BCUT2D eigenvalue weighted by atomic mass is 16.2. The second-order valence-electron chi connectivity index (χ2n) is 4.65. The molecule has 0 aromatic rings. The van der Waals surface area contributed by atoms with Crippen LogP contribution in [0, 0.1) is 11.8 Å². The molecule has 80 valence electrons. The summed E-state index contributed by atoms with van der Waals surface area (Å²) in [7, 11) is 0. The predicted octanol–water partition coefficient (Wildman–Crippen LogP) is 3.61. The summed E-state index contributed by atoms with van der Waals surface area (Å²) in [6.07, 6.45) is 7.57. The molecule has 0 unspecified atom stereocenters. The van der Waals surface area contributed by atoms with E-state index in [1.807, 2.05) is 0 Å². The largest absolute Gasteiger partial charge is 0.396 e. The lowest BCUT2D eigenvalue weighted by atomic mass is 9.95. The fourth-order valence-corrected chi connectivity index (χ4v) is 1.62. The molecule has 0 aromatic heterocycles. The van der Waals surface area contributed by atoms with Gasteiger partial charge in [-0.1, -0.05) is 52.9 Å². The molecule has 0 aliphatic carbocycles. The zero-order valence-electron chi connectivity index (χ0n) is 9.55. The Morgan fingerprint density at radius 1 is 0.846 bits per heavy atom. The molecule has 1 nitrogen and oxygen atoms in total. The van der Waals surface area contributed by atoms with Crippen LogP contribution in [-0.2, 0) is 0 Å². The molecule has 0 aliphatic heterocycles. The molecule has 0 saturated heterocycles. The Morgan fingerprint density at radius 2 is 1.46 bits per heavy atom. The van der Waals surface area contributed by atoms with Crippen molar-refractivity contribution >= 4 is 0 Å². The van der Waals surface area contributed by atoms with Gasteiger partial charge in [0.2, 0.25) is 0 Å². The topological polar surface area (TPSA) is 20.2 Å². The van der Waals surface area contributed by atoms with E-state index >= 15 is 0 Å². The van der Waals surface area contributed by atoms with Crippen molar-refractivity contribution in [3.8, 4) is 0 Å². The quantitative estimate of drug-likeness (QED) is 0.574. The lowest BCUT2D eigenvalue weighted by Gasteiger charge is -2.11. The van der Waals surface area contributed by atoms with Gasteiger partial charge in [-0.2, -0.15) is 0 Å². The Balaban J connectivity index is 3.15. The van der Waals surface area contributed by atoms with E-state index in [0.717, 1.165) is 18.3 Å². The van der Waals surface area contributed by atoms with Crippen LogP contribution < -0.4 is 0 Å². The number of hydrogen-bond donors (Lipinski definition) is 1. The van der Waals surface area contributed by atoms with E-state index in [1.165, 1.54) is 32.1 Å². The molecular formula is C12H26O. The molecule has 1 atom stereocenters. The molecular weight excluding hydrogens is 160 g/mol. The molecule has 13 heavy (non-hydrogen) atoms. The van der Waals surface area contributed by atoms with Crippen LogP contribution in [0.4, 0.5) is 0 Å². The van der Waals surface area contributed by atoms with Crippen molar-refractivity contribution in [3.05, 3.63) is 0 Å². The van der Waals surface area contributed by atoms with E-state index in [1.54, 1.807) is 0 Å². The van der Waals surface area contributed by atoms with Crippen molar-refractivity contribution in [2.24, 2.45) is 11.8 Å². The first kappa shape index (κ1) is 13.0. The van der Waals surface area contributed by atoms with Crippen molar-refractivity contribution in [2.75, 3.05) is 6.61 Å². The van der Waals surface area contributed by atoms with Crippen LogP contribution in [0.5, 0.6) is 0 Å². The minimum absolute atomic E-state index is 0.360. The Bertz CT molecular complexity index is 99.3. The third kappa shape index (κ3) is 9.88. The van der Waals surface area contributed by atoms with Gasteiger partial charge in [0.15, 0.2) is 0 Å². The Labute approximate surface area is 83.5 Å². The normalized spacial score (nSPS) is 13.6. The lowest BCUT2D eigenvalue weighted by Crippen LogP contribution is -1.97. The highest BCUT2D eigenvalue weighted by Gasteiger charge is 2.02. The number of unbranched alkanes of at least 4 members (excludes halogenated alkanes) is 1. The number of aliphatic hydroxyl groups excluding tert-OH is 1. The van der Waals surface area contributed by atoms with Gasteiger partial charge < -0.3 is 5.11 Å². The summed E-state index contributed by atoms with van der Waals surface area (Å²) in [5.74, 6) is 1.70. The van der Waals surface area contributed by atoms with Gasteiger partial charge >= 0.3 is 0 Å². The van der Waals surface area contributed by atoms with E-state index in [4.69, 9.17) is 5.11 Å². The maximum absolute atomic E-state index is 8.63. The zero-order valence-corrected chi connectivity index (χ0v) is 9.55. The highest BCUT2D eigenvalue weighted by molar-refractivity contribution is 4.55.